The number of methoxy groups -OCH3 is 2. The number of nitrogens with zero attached hydrogens (tertiary/aromatic N) is 2. The standard InChI is InChI=1S/C19H20N4O3/c1-24-14-5-3-13(4-6-14)12-21-17-11-18(23-19(20)22-17)26-16-9-7-15(25-2)8-10-16/h3-11H,12H2,1-2H3,(H3,20,21,22,23). The van der Waals surface area contributed by atoms with Crippen molar-refractivity contribution in [3.05, 3.63) is 60.2 Å². The first-order chi connectivity index (χ1) is 12.7. The van der Waals surface area contributed by atoms with Gasteiger partial charge in [0.1, 0.15) is 23.1 Å². The Bertz CT molecular complexity index is 852. The monoisotopic (exact) mass is 352 g/mol. The Labute approximate surface area is 151 Å². The van der Waals surface area contributed by atoms with E-state index in [9.17, 15) is 0 Å². The molecule has 3 N–H and O–H groups in total. The molecule has 0 saturated carbocycles. The molecule has 2 aromatic carbocycles. The van der Waals surface area contributed by atoms with Crippen molar-refractivity contribution in [2.24, 2.45) is 0 Å². The van der Waals surface area contributed by atoms with Gasteiger partial charge >= 0.3 is 0 Å². The van der Waals surface area contributed by atoms with Crippen molar-refractivity contribution >= 4 is 11.8 Å². The zero-order valence-corrected chi connectivity index (χ0v) is 14.6. The number of nitrogens with one attached hydrogen (secondary N) is 1. The second-order valence-corrected chi connectivity index (χ2v) is 5.43. The lowest BCUT2D eigenvalue weighted by molar-refractivity contribution is 0.412. The third kappa shape index (κ3) is 4.54. The molecule has 0 aliphatic rings. The second kappa shape index (κ2) is 8.06. The molecular formula is C19H20N4O3. The third-order valence-electron chi connectivity index (χ3n) is 3.63. The van der Waals surface area contributed by atoms with Gasteiger partial charge in [-0.3, -0.25) is 0 Å². The van der Waals surface area contributed by atoms with Crippen molar-refractivity contribution in [1.82, 2.24) is 9.97 Å². The molecule has 0 atom stereocenters. The molecule has 1 aromatic heterocycles. The molecule has 0 unspecified atom stereocenters. The van der Waals surface area contributed by atoms with Crippen molar-refractivity contribution in [3.8, 4) is 23.1 Å². The van der Waals surface area contributed by atoms with E-state index in [0.29, 0.717) is 24.0 Å². The van der Waals surface area contributed by atoms with Crippen LogP contribution in [0.5, 0.6) is 23.1 Å². The van der Waals surface area contributed by atoms with Gasteiger partial charge in [0, 0.05) is 12.6 Å². The number of rotatable bonds is 7. The van der Waals surface area contributed by atoms with E-state index in [0.717, 1.165) is 17.1 Å². The van der Waals surface area contributed by atoms with E-state index < -0.39 is 0 Å². The molecule has 0 amide bonds. The fourth-order valence-corrected chi connectivity index (χ4v) is 2.29. The summed E-state index contributed by atoms with van der Waals surface area (Å²) in [5, 5.41) is 3.21. The summed E-state index contributed by atoms with van der Waals surface area (Å²) in [6.45, 7) is 0.586. The van der Waals surface area contributed by atoms with Crippen LogP contribution in [0.2, 0.25) is 0 Å². The molecule has 7 heteroatoms. The Morgan fingerprint density at radius 1 is 0.846 bits per heavy atom. The Balaban J connectivity index is 1.67. The first-order valence-corrected chi connectivity index (χ1v) is 7.99. The minimum Gasteiger partial charge on any atom is -0.497 e. The smallest absolute Gasteiger partial charge is 0.226 e. The molecule has 7 nitrogen and oxygen atoms in total. The quantitative estimate of drug-likeness (QED) is 0.672. The van der Waals surface area contributed by atoms with E-state index in [1.165, 1.54) is 0 Å². The number of hydrogen-bond donors (Lipinski definition) is 2. The van der Waals surface area contributed by atoms with Gasteiger partial charge in [-0.25, -0.2) is 0 Å². The molecule has 3 aromatic rings. The van der Waals surface area contributed by atoms with Crippen molar-refractivity contribution in [3.63, 3.8) is 0 Å². The predicted molar refractivity (Wildman–Crippen MR) is 99.8 cm³/mol. The number of anilines is 2. The first kappa shape index (κ1) is 17.3. The highest BCUT2D eigenvalue weighted by Crippen LogP contribution is 2.24. The van der Waals surface area contributed by atoms with Gasteiger partial charge in [0.25, 0.3) is 0 Å². The van der Waals surface area contributed by atoms with Crippen LogP contribution >= 0.6 is 0 Å². The highest BCUT2D eigenvalue weighted by atomic mass is 16.5. The maximum absolute atomic E-state index is 5.79. The van der Waals surface area contributed by atoms with E-state index in [4.69, 9.17) is 19.9 Å². The Morgan fingerprint density at radius 2 is 1.42 bits per heavy atom. The maximum atomic E-state index is 5.79. The molecule has 0 spiro atoms. The topological polar surface area (TPSA) is 91.5 Å². The summed E-state index contributed by atoms with van der Waals surface area (Å²) in [5.41, 5.74) is 6.87. The number of ether oxygens (including phenoxy) is 3. The molecule has 0 aliphatic carbocycles. The molecule has 26 heavy (non-hydrogen) atoms. The van der Waals surface area contributed by atoms with Crippen molar-refractivity contribution in [1.29, 1.82) is 0 Å². The molecule has 3 rings (SSSR count). The molecule has 0 aliphatic heterocycles. The highest BCUT2D eigenvalue weighted by Gasteiger charge is 2.06. The molecule has 0 bridgehead atoms. The summed E-state index contributed by atoms with van der Waals surface area (Å²) in [6, 6.07) is 16.7. The van der Waals surface area contributed by atoms with Gasteiger partial charge in [0.2, 0.25) is 11.8 Å². The average molecular weight is 352 g/mol. The zero-order chi connectivity index (χ0) is 18.4. The fourth-order valence-electron chi connectivity index (χ4n) is 2.29. The summed E-state index contributed by atoms with van der Waals surface area (Å²) < 4.78 is 16.0. The number of nitrogen functional groups attached to an aromatic ring is 1. The molecule has 134 valence electrons. The summed E-state index contributed by atoms with van der Waals surface area (Å²) in [7, 11) is 3.25. The van der Waals surface area contributed by atoms with E-state index in [2.05, 4.69) is 15.3 Å². The van der Waals surface area contributed by atoms with E-state index >= 15 is 0 Å². The van der Waals surface area contributed by atoms with Gasteiger partial charge in [0.15, 0.2) is 0 Å². The molecule has 0 saturated heterocycles. The lowest BCUT2D eigenvalue weighted by Crippen LogP contribution is -2.05. The van der Waals surface area contributed by atoms with Crippen LogP contribution in [0.3, 0.4) is 0 Å². The predicted octanol–water partition coefficient (Wildman–Crippen LogP) is 3.48. The first-order valence-electron chi connectivity index (χ1n) is 7.99. The second-order valence-electron chi connectivity index (χ2n) is 5.43. The van der Waals surface area contributed by atoms with Gasteiger partial charge < -0.3 is 25.3 Å². The van der Waals surface area contributed by atoms with Crippen LogP contribution in [0.25, 0.3) is 0 Å². The van der Waals surface area contributed by atoms with Gasteiger partial charge in [-0.15, -0.1) is 0 Å². The van der Waals surface area contributed by atoms with E-state index in [1.54, 1.807) is 32.4 Å². The highest BCUT2D eigenvalue weighted by molar-refractivity contribution is 5.45. The molecule has 1 heterocycles. The summed E-state index contributed by atoms with van der Waals surface area (Å²) in [4.78, 5) is 8.29. The van der Waals surface area contributed by atoms with Gasteiger partial charge in [0.05, 0.1) is 14.2 Å². The lowest BCUT2D eigenvalue weighted by Gasteiger charge is -2.10. The average Bonchev–Trinajstić information content (AvgIpc) is 2.67. The maximum Gasteiger partial charge on any atom is 0.226 e. The van der Waals surface area contributed by atoms with E-state index in [1.807, 2.05) is 36.4 Å². The number of aromatic nitrogens is 2. The molecular weight excluding hydrogens is 332 g/mol. The minimum absolute atomic E-state index is 0.133. The van der Waals surface area contributed by atoms with Crippen LogP contribution in [0.15, 0.2) is 54.6 Å². The largest absolute Gasteiger partial charge is 0.497 e. The Morgan fingerprint density at radius 3 is 2.04 bits per heavy atom. The summed E-state index contributed by atoms with van der Waals surface area (Å²) >= 11 is 0. The van der Waals surface area contributed by atoms with Crippen LogP contribution in [-0.2, 0) is 6.54 Å². The van der Waals surface area contributed by atoms with Crippen molar-refractivity contribution in [2.75, 3.05) is 25.3 Å². The van der Waals surface area contributed by atoms with Gasteiger partial charge in [-0.1, -0.05) is 12.1 Å². The van der Waals surface area contributed by atoms with Crippen LogP contribution in [-0.4, -0.2) is 24.2 Å². The molecule has 0 radical (unpaired) electrons. The number of benzene rings is 2. The van der Waals surface area contributed by atoms with E-state index in [-0.39, 0.29) is 5.95 Å². The third-order valence-corrected chi connectivity index (χ3v) is 3.63. The normalized spacial score (nSPS) is 10.2. The zero-order valence-electron chi connectivity index (χ0n) is 14.6. The Kier molecular flexibility index (Phi) is 5.38. The van der Waals surface area contributed by atoms with Crippen LogP contribution < -0.4 is 25.3 Å². The van der Waals surface area contributed by atoms with Crippen LogP contribution in [0.4, 0.5) is 11.8 Å². The van der Waals surface area contributed by atoms with Crippen LogP contribution in [0, 0.1) is 0 Å². The number of nitrogens with two attached hydrogens (primary N) is 1. The number of hydrogen-bond acceptors (Lipinski definition) is 7. The molecule has 0 fully saturated rings. The van der Waals surface area contributed by atoms with Crippen molar-refractivity contribution < 1.29 is 14.2 Å². The van der Waals surface area contributed by atoms with Gasteiger partial charge in [-0.2, -0.15) is 9.97 Å². The Hall–Kier alpha value is -3.48. The fraction of sp³-hybridized carbons (Fsp3) is 0.158. The summed E-state index contributed by atoms with van der Waals surface area (Å²) in [6.07, 6.45) is 0. The summed E-state index contributed by atoms with van der Waals surface area (Å²) in [5.74, 6) is 3.27. The van der Waals surface area contributed by atoms with Gasteiger partial charge in [-0.05, 0) is 42.0 Å². The van der Waals surface area contributed by atoms with Crippen molar-refractivity contribution in [2.45, 2.75) is 6.54 Å². The van der Waals surface area contributed by atoms with Crippen LogP contribution in [0.1, 0.15) is 5.56 Å². The SMILES string of the molecule is COc1ccc(CNc2cc(Oc3ccc(OC)cc3)nc(N)n2)cc1. The lowest BCUT2D eigenvalue weighted by atomic mass is 10.2. The minimum atomic E-state index is 0.133.